The average Bonchev–Trinajstić information content (AvgIpc) is 3.38. The molecule has 9 heteroatoms. The third-order valence-corrected chi connectivity index (χ3v) is 13.5. The van der Waals surface area contributed by atoms with E-state index in [4.69, 9.17) is 9.05 Å². The van der Waals surface area contributed by atoms with Crippen molar-refractivity contribution in [2.75, 3.05) is 40.9 Å². The molecule has 3 unspecified atom stereocenters. The zero-order valence-corrected chi connectivity index (χ0v) is 50.1. The molecule has 0 bridgehead atoms. The van der Waals surface area contributed by atoms with Crippen LogP contribution in [0, 0.1) is 0 Å². The number of carbonyl (C=O) groups is 1. The minimum atomic E-state index is -4.36. The summed E-state index contributed by atoms with van der Waals surface area (Å²) < 4.78 is 23.6. The molecule has 76 heavy (non-hydrogen) atoms. The van der Waals surface area contributed by atoms with E-state index < -0.39 is 20.0 Å². The van der Waals surface area contributed by atoms with Gasteiger partial charge >= 0.3 is 7.82 Å². The Labute approximate surface area is 468 Å². The number of nitrogens with one attached hydrogen (secondary N) is 1. The topological polar surface area (TPSA) is 105 Å². The molecule has 0 fully saturated rings. The van der Waals surface area contributed by atoms with E-state index in [-0.39, 0.29) is 19.1 Å². The van der Waals surface area contributed by atoms with Gasteiger partial charge in [-0.25, -0.2) is 4.57 Å². The van der Waals surface area contributed by atoms with E-state index in [9.17, 15) is 19.4 Å². The molecule has 0 aromatic rings. The predicted molar refractivity (Wildman–Crippen MR) is 331 cm³/mol. The summed E-state index contributed by atoms with van der Waals surface area (Å²) >= 11 is 0. The van der Waals surface area contributed by atoms with E-state index in [0.29, 0.717) is 17.4 Å². The normalized spacial score (nSPS) is 14.9. The molecule has 0 saturated heterocycles. The molecular weight excluding hydrogens is 960 g/mol. The van der Waals surface area contributed by atoms with E-state index in [1.807, 2.05) is 27.2 Å². The highest BCUT2D eigenvalue weighted by atomic mass is 31.2. The van der Waals surface area contributed by atoms with Gasteiger partial charge in [0, 0.05) is 6.42 Å². The average molecular weight is 1070 g/mol. The Kier molecular flexibility index (Phi) is 53.4. The Morgan fingerprint density at radius 3 is 1.21 bits per heavy atom. The summed E-state index contributed by atoms with van der Waals surface area (Å²) in [6.45, 7) is 4.62. The minimum Gasteiger partial charge on any atom is -0.387 e. The SMILES string of the molecule is CC/C=C\C/C=C\C/C=C\C/C=C\C/C=C\C/C=C\C/C=C\C/C=C\C/C=C\CCCCCCCCCCCCCCCC(=O)NC(COP(=O)(O)OCC[N+](C)(C)C)C(O)/C=C/CC/C=C/CC/C=C/CCCCC. The van der Waals surface area contributed by atoms with Crippen molar-refractivity contribution in [2.45, 2.75) is 231 Å². The largest absolute Gasteiger partial charge is 0.472 e. The zero-order chi connectivity index (χ0) is 55.6. The van der Waals surface area contributed by atoms with Crippen LogP contribution in [0.15, 0.2) is 146 Å². The highest BCUT2D eigenvalue weighted by molar-refractivity contribution is 7.47. The van der Waals surface area contributed by atoms with Gasteiger partial charge in [0.1, 0.15) is 13.2 Å². The molecule has 3 N–H and O–H groups in total. The fraction of sp³-hybridized carbons (Fsp3) is 0.627. The number of aliphatic hydroxyl groups is 1. The summed E-state index contributed by atoms with van der Waals surface area (Å²) in [6, 6.07) is -0.878. The van der Waals surface area contributed by atoms with Crippen LogP contribution < -0.4 is 5.32 Å². The lowest BCUT2D eigenvalue weighted by atomic mass is 10.0. The third-order valence-electron chi connectivity index (χ3n) is 12.5. The maximum Gasteiger partial charge on any atom is 0.472 e. The number of phosphoric ester groups is 1. The van der Waals surface area contributed by atoms with E-state index in [1.54, 1.807) is 6.08 Å². The van der Waals surface area contributed by atoms with Crippen LogP contribution in [-0.2, 0) is 18.4 Å². The number of aliphatic hydroxyl groups excluding tert-OH is 1. The van der Waals surface area contributed by atoms with E-state index in [1.165, 1.54) is 89.9 Å². The first-order valence-corrected chi connectivity index (χ1v) is 31.7. The first-order valence-electron chi connectivity index (χ1n) is 30.2. The number of likely N-dealkylation sites (N-methyl/N-ethyl adjacent to an activating group) is 1. The van der Waals surface area contributed by atoms with Crippen molar-refractivity contribution in [3.63, 3.8) is 0 Å². The maximum absolute atomic E-state index is 13.0. The molecule has 0 saturated carbocycles. The van der Waals surface area contributed by atoms with Gasteiger partial charge < -0.3 is 19.8 Å². The summed E-state index contributed by atoms with van der Waals surface area (Å²) in [7, 11) is 1.53. The van der Waals surface area contributed by atoms with Gasteiger partial charge in [0.2, 0.25) is 5.91 Å². The number of quaternary nitrogens is 1. The van der Waals surface area contributed by atoms with Crippen molar-refractivity contribution >= 4 is 13.7 Å². The monoisotopic (exact) mass is 1070 g/mol. The second kappa shape index (κ2) is 56.1. The van der Waals surface area contributed by atoms with Crippen LogP contribution in [0.4, 0.5) is 0 Å². The van der Waals surface area contributed by atoms with Crippen LogP contribution in [-0.4, -0.2) is 73.4 Å². The van der Waals surface area contributed by atoms with Crippen LogP contribution in [0.25, 0.3) is 0 Å². The predicted octanol–water partition coefficient (Wildman–Crippen LogP) is 18.9. The molecule has 0 aromatic carbocycles. The van der Waals surface area contributed by atoms with Crippen molar-refractivity contribution in [3.8, 4) is 0 Å². The number of rotatable bonds is 53. The summed E-state index contributed by atoms with van der Waals surface area (Å²) in [5, 5.41) is 13.9. The Bertz CT molecular complexity index is 1740. The van der Waals surface area contributed by atoms with E-state index >= 15 is 0 Å². The van der Waals surface area contributed by atoms with Crippen molar-refractivity contribution in [2.24, 2.45) is 0 Å². The molecule has 0 aliphatic heterocycles. The Morgan fingerprint density at radius 2 is 0.803 bits per heavy atom. The van der Waals surface area contributed by atoms with Gasteiger partial charge in [0.15, 0.2) is 0 Å². The molecule has 3 atom stereocenters. The van der Waals surface area contributed by atoms with E-state index in [2.05, 4.69) is 153 Å². The number of allylic oxidation sites excluding steroid dienone is 23. The Hall–Kier alpha value is -3.62. The lowest BCUT2D eigenvalue weighted by molar-refractivity contribution is -0.870. The van der Waals surface area contributed by atoms with Gasteiger partial charge in [-0.15, -0.1) is 0 Å². The van der Waals surface area contributed by atoms with Crippen LogP contribution in [0.1, 0.15) is 219 Å². The van der Waals surface area contributed by atoms with Crippen LogP contribution in [0.3, 0.4) is 0 Å². The van der Waals surface area contributed by atoms with Crippen LogP contribution in [0.2, 0.25) is 0 Å². The maximum atomic E-state index is 13.0. The molecule has 0 spiro atoms. The standard InChI is InChI=1S/C67H113N2O6P/c1-6-8-10-12-14-16-18-20-21-22-23-24-25-26-27-28-29-30-31-32-33-34-35-36-37-38-39-40-41-42-43-44-45-46-47-49-51-53-55-57-59-61-67(71)68-65(64-75-76(72,73)74-63-62-69(3,4)5)66(70)60-58-56-54-52-50-48-19-17-15-13-11-9-7-2/h8,10,14-17,20-21,23-24,26-27,29-30,32-33,35-36,38-39,50,52,58,60,65-66,70H,6-7,9,11-13,18-19,22,25,28,31,34,37,40-49,51,53-57,59,61-64H2,1-5H3,(H-,68,71,72,73)/p+1/b10-8-,16-14-,17-15+,21-20-,24-23-,27-26-,30-29-,33-32-,36-35-,39-38-,52-50+,60-58+. The quantitative estimate of drug-likeness (QED) is 0.0243. The first kappa shape index (κ1) is 72.4. The smallest absolute Gasteiger partial charge is 0.387 e. The highest BCUT2D eigenvalue weighted by Crippen LogP contribution is 2.43. The summed E-state index contributed by atoms with van der Waals surface area (Å²) in [6.07, 6.45) is 86.8. The van der Waals surface area contributed by atoms with Crippen molar-refractivity contribution in [1.82, 2.24) is 5.32 Å². The fourth-order valence-electron chi connectivity index (χ4n) is 7.83. The first-order chi connectivity index (χ1) is 37.0. The minimum absolute atomic E-state index is 0.0471. The Balaban J connectivity index is 4.06. The lowest BCUT2D eigenvalue weighted by Gasteiger charge is -2.25. The molecular formula is C67H114N2O6P+. The van der Waals surface area contributed by atoms with E-state index in [0.717, 1.165) is 109 Å². The fourth-order valence-corrected chi connectivity index (χ4v) is 8.57. The number of hydrogen-bond acceptors (Lipinski definition) is 5. The number of hydrogen-bond donors (Lipinski definition) is 3. The second-order valence-electron chi connectivity index (χ2n) is 21.0. The van der Waals surface area contributed by atoms with Gasteiger partial charge in [-0.05, 0) is 116 Å². The van der Waals surface area contributed by atoms with Gasteiger partial charge in [-0.2, -0.15) is 0 Å². The van der Waals surface area contributed by atoms with Gasteiger partial charge in [-0.1, -0.05) is 243 Å². The van der Waals surface area contributed by atoms with Gasteiger partial charge in [-0.3, -0.25) is 13.8 Å². The molecule has 0 heterocycles. The number of amides is 1. The molecule has 432 valence electrons. The molecule has 0 radical (unpaired) electrons. The summed E-state index contributed by atoms with van der Waals surface area (Å²) in [5.41, 5.74) is 0. The molecule has 8 nitrogen and oxygen atoms in total. The second-order valence-corrected chi connectivity index (χ2v) is 22.4. The Morgan fingerprint density at radius 1 is 0.461 bits per heavy atom. The number of unbranched alkanes of at least 4 members (excludes halogenated alkanes) is 18. The van der Waals surface area contributed by atoms with Crippen LogP contribution in [0.5, 0.6) is 0 Å². The van der Waals surface area contributed by atoms with Crippen molar-refractivity contribution < 1.29 is 32.9 Å². The summed E-state index contributed by atoms with van der Waals surface area (Å²) in [4.78, 5) is 23.3. The molecule has 0 aliphatic carbocycles. The number of nitrogens with zero attached hydrogens (tertiary/aromatic N) is 1. The highest BCUT2D eigenvalue weighted by Gasteiger charge is 2.27. The van der Waals surface area contributed by atoms with Crippen molar-refractivity contribution in [3.05, 3.63) is 146 Å². The van der Waals surface area contributed by atoms with Crippen LogP contribution >= 0.6 is 7.82 Å². The van der Waals surface area contributed by atoms with Gasteiger partial charge in [0.25, 0.3) is 0 Å². The third kappa shape index (κ3) is 58.1. The molecule has 0 aromatic heterocycles. The zero-order valence-electron chi connectivity index (χ0n) is 49.2. The number of phosphoric acid groups is 1. The van der Waals surface area contributed by atoms with Crippen molar-refractivity contribution in [1.29, 1.82) is 0 Å². The summed E-state index contributed by atoms with van der Waals surface area (Å²) in [5.74, 6) is -0.199. The number of carbonyl (C=O) groups excluding carboxylic acids is 1. The van der Waals surface area contributed by atoms with Gasteiger partial charge in [0.05, 0.1) is 39.9 Å². The lowest BCUT2D eigenvalue weighted by Crippen LogP contribution is -2.45. The molecule has 0 rings (SSSR count). The molecule has 1 amide bonds. The molecule has 0 aliphatic rings.